The summed E-state index contributed by atoms with van der Waals surface area (Å²) < 4.78 is 28.8. The van der Waals surface area contributed by atoms with E-state index in [9.17, 15) is 8.42 Å². The Balaban J connectivity index is 2.39. The first-order chi connectivity index (χ1) is 11.6. The highest BCUT2D eigenvalue weighted by atomic mass is 35.5. The molecule has 5 nitrogen and oxygen atoms in total. The molecular formula is C18H21ClN3O2S+. The van der Waals surface area contributed by atoms with Crippen molar-refractivity contribution in [2.75, 3.05) is 10.6 Å². The minimum Gasteiger partial charge on any atom is -0.267 e. The molecule has 2 rings (SSSR count). The van der Waals surface area contributed by atoms with Gasteiger partial charge in [-0.3, -0.25) is 5.84 Å². The minimum absolute atomic E-state index is 0.0557. The lowest BCUT2D eigenvalue weighted by Crippen LogP contribution is -2.50. The molecule has 0 saturated carbocycles. The van der Waals surface area contributed by atoms with Crippen LogP contribution in [-0.2, 0) is 15.4 Å². The SMILES string of the molecule is CC#Cc1c(Cl)ccc(NS(=O)(=O)c2ccc(C(C)(C)C)cc2)[n+]1N. The molecule has 0 fully saturated rings. The highest BCUT2D eigenvalue weighted by molar-refractivity contribution is 7.92. The van der Waals surface area contributed by atoms with Crippen molar-refractivity contribution in [3.8, 4) is 11.8 Å². The van der Waals surface area contributed by atoms with Gasteiger partial charge in [-0.2, -0.15) is 13.1 Å². The van der Waals surface area contributed by atoms with E-state index >= 15 is 0 Å². The van der Waals surface area contributed by atoms with E-state index in [2.05, 4.69) is 37.3 Å². The summed E-state index contributed by atoms with van der Waals surface area (Å²) in [6.45, 7) is 7.84. The quantitative estimate of drug-likeness (QED) is 0.490. The van der Waals surface area contributed by atoms with Gasteiger partial charge in [0.1, 0.15) is 4.90 Å². The number of sulfonamides is 1. The van der Waals surface area contributed by atoms with Crippen molar-refractivity contribution in [3.05, 3.63) is 52.7 Å². The Morgan fingerprint density at radius 1 is 1.12 bits per heavy atom. The first-order valence-corrected chi connectivity index (χ1v) is 9.48. The Morgan fingerprint density at radius 2 is 1.72 bits per heavy atom. The van der Waals surface area contributed by atoms with Crippen LogP contribution in [0.5, 0.6) is 0 Å². The Labute approximate surface area is 153 Å². The van der Waals surface area contributed by atoms with Gasteiger partial charge in [0.05, 0.1) is 5.02 Å². The summed E-state index contributed by atoms with van der Waals surface area (Å²) in [6.07, 6.45) is 0. The number of pyridine rings is 1. The van der Waals surface area contributed by atoms with Crippen molar-refractivity contribution in [2.24, 2.45) is 0 Å². The maximum absolute atomic E-state index is 12.6. The molecule has 0 unspecified atom stereocenters. The van der Waals surface area contributed by atoms with Gasteiger partial charge in [0, 0.05) is 6.07 Å². The molecule has 0 bridgehead atoms. The van der Waals surface area contributed by atoms with E-state index in [4.69, 9.17) is 17.4 Å². The van der Waals surface area contributed by atoms with Crippen LogP contribution in [0.1, 0.15) is 39.0 Å². The van der Waals surface area contributed by atoms with Crippen molar-refractivity contribution in [1.29, 1.82) is 0 Å². The van der Waals surface area contributed by atoms with Gasteiger partial charge >= 0.3 is 15.8 Å². The van der Waals surface area contributed by atoms with Gasteiger partial charge in [-0.1, -0.05) is 50.4 Å². The van der Waals surface area contributed by atoms with Crippen LogP contribution >= 0.6 is 11.6 Å². The molecule has 1 aromatic carbocycles. The van der Waals surface area contributed by atoms with Gasteiger partial charge in [0.2, 0.25) is 5.69 Å². The van der Waals surface area contributed by atoms with E-state index in [1.165, 1.54) is 6.07 Å². The molecule has 0 atom stereocenters. The van der Waals surface area contributed by atoms with Crippen molar-refractivity contribution >= 4 is 27.4 Å². The van der Waals surface area contributed by atoms with E-state index in [-0.39, 0.29) is 16.1 Å². The molecule has 0 aliphatic carbocycles. The number of nitrogens with zero attached hydrogens (tertiary/aromatic N) is 1. The predicted octanol–water partition coefficient (Wildman–Crippen LogP) is 2.81. The fourth-order valence-electron chi connectivity index (χ4n) is 2.20. The summed E-state index contributed by atoms with van der Waals surface area (Å²) >= 11 is 6.05. The summed E-state index contributed by atoms with van der Waals surface area (Å²) in [4.78, 5) is 0.151. The lowest BCUT2D eigenvalue weighted by atomic mass is 9.87. The smallest absolute Gasteiger partial charge is 0.267 e. The molecular weight excluding hydrogens is 358 g/mol. The molecule has 1 aromatic heterocycles. The maximum atomic E-state index is 12.6. The summed E-state index contributed by atoms with van der Waals surface area (Å²) in [7, 11) is -3.78. The number of hydrogen-bond acceptors (Lipinski definition) is 3. The number of nitrogen functional groups attached to an aromatic ring is 1. The summed E-state index contributed by atoms with van der Waals surface area (Å²) in [5, 5.41) is 0.342. The number of halogens is 1. The number of anilines is 1. The average Bonchev–Trinajstić information content (AvgIpc) is 2.53. The zero-order valence-electron chi connectivity index (χ0n) is 14.6. The number of rotatable bonds is 3. The summed E-state index contributed by atoms with van der Waals surface area (Å²) in [6, 6.07) is 9.80. The average molecular weight is 379 g/mol. The highest BCUT2D eigenvalue weighted by Crippen LogP contribution is 2.24. The van der Waals surface area contributed by atoms with Crippen molar-refractivity contribution in [2.45, 2.75) is 38.0 Å². The van der Waals surface area contributed by atoms with Crippen molar-refractivity contribution in [1.82, 2.24) is 0 Å². The lowest BCUT2D eigenvalue weighted by Gasteiger charge is -2.18. The Kier molecular flexibility index (Phi) is 5.31. The number of nitrogens with two attached hydrogens (primary N) is 1. The van der Waals surface area contributed by atoms with Crippen LogP contribution in [0.15, 0.2) is 41.3 Å². The van der Waals surface area contributed by atoms with Crippen LogP contribution < -0.4 is 15.2 Å². The Hall–Kier alpha value is -2.23. The summed E-state index contributed by atoms with van der Waals surface area (Å²) in [5.41, 5.74) is 1.32. The van der Waals surface area contributed by atoms with Crippen molar-refractivity contribution < 1.29 is 13.1 Å². The molecule has 0 aliphatic rings. The van der Waals surface area contributed by atoms with Crippen LogP contribution in [0.2, 0.25) is 5.02 Å². The highest BCUT2D eigenvalue weighted by Gasteiger charge is 2.25. The first-order valence-electron chi connectivity index (χ1n) is 7.62. The fraction of sp³-hybridized carbons (Fsp3) is 0.278. The molecule has 132 valence electrons. The molecule has 3 N–H and O–H groups in total. The lowest BCUT2D eigenvalue weighted by molar-refractivity contribution is -0.626. The van der Waals surface area contributed by atoms with Gasteiger partial charge in [0.25, 0.3) is 0 Å². The van der Waals surface area contributed by atoms with Gasteiger partial charge < -0.3 is 0 Å². The fourth-order valence-corrected chi connectivity index (χ4v) is 3.45. The molecule has 0 saturated heterocycles. The topological polar surface area (TPSA) is 76.1 Å². The minimum atomic E-state index is -3.78. The third kappa shape index (κ3) is 4.25. The van der Waals surface area contributed by atoms with Gasteiger partial charge in [-0.05, 0) is 42.0 Å². The molecule has 0 amide bonds. The summed E-state index contributed by atoms with van der Waals surface area (Å²) in [5.74, 6) is 11.6. The van der Waals surface area contributed by atoms with E-state index < -0.39 is 10.0 Å². The molecule has 0 radical (unpaired) electrons. The number of hydrogen-bond donors (Lipinski definition) is 2. The number of benzene rings is 1. The molecule has 0 aliphatic heterocycles. The van der Waals surface area contributed by atoms with E-state index in [1.807, 2.05) is 0 Å². The third-order valence-corrected chi connectivity index (χ3v) is 5.30. The Morgan fingerprint density at radius 3 is 2.24 bits per heavy atom. The van der Waals surface area contributed by atoms with E-state index in [1.54, 1.807) is 37.3 Å². The number of nitrogens with one attached hydrogen (secondary N) is 1. The van der Waals surface area contributed by atoms with Crippen LogP contribution in [0.25, 0.3) is 0 Å². The molecule has 2 aromatic rings. The van der Waals surface area contributed by atoms with Crippen LogP contribution in [-0.4, -0.2) is 8.42 Å². The molecule has 0 spiro atoms. The van der Waals surface area contributed by atoms with Gasteiger partial charge in [0.15, 0.2) is 0 Å². The predicted molar refractivity (Wildman–Crippen MR) is 100 cm³/mol. The van der Waals surface area contributed by atoms with Crippen LogP contribution in [0.3, 0.4) is 0 Å². The van der Waals surface area contributed by atoms with Crippen molar-refractivity contribution in [3.63, 3.8) is 0 Å². The van der Waals surface area contributed by atoms with Gasteiger partial charge in [-0.25, -0.2) is 0 Å². The zero-order valence-corrected chi connectivity index (χ0v) is 16.2. The molecule has 1 heterocycles. The second-order valence-electron chi connectivity index (χ2n) is 6.54. The Bertz CT molecular complexity index is 951. The molecule has 25 heavy (non-hydrogen) atoms. The normalized spacial score (nSPS) is 11.6. The second kappa shape index (κ2) is 6.95. The van der Waals surface area contributed by atoms with E-state index in [0.717, 1.165) is 10.2 Å². The van der Waals surface area contributed by atoms with Crippen LogP contribution in [0, 0.1) is 11.8 Å². The third-order valence-electron chi connectivity index (χ3n) is 3.63. The molecule has 7 heteroatoms. The monoisotopic (exact) mass is 378 g/mol. The van der Waals surface area contributed by atoms with Crippen LogP contribution in [0.4, 0.5) is 5.82 Å². The standard InChI is InChI=1S/C18H20ClN3O2S/c1-5-6-16-15(19)11-12-17(22(16)20)21-25(23,24)14-9-7-13(8-10-14)18(2,3)4/h7-12H,20H2,1-4H3/p+1. The van der Waals surface area contributed by atoms with E-state index in [0.29, 0.717) is 10.7 Å². The maximum Gasteiger partial charge on any atom is 0.328 e. The second-order valence-corrected chi connectivity index (χ2v) is 8.63. The zero-order chi connectivity index (χ0) is 18.8. The largest absolute Gasteiger partial charge is 0.328 e. The number of aromatic nitrogens is 1. The van der Waals surface area contributed by atoms with Gasteiger partial charge in [-0.15, -0.1) is 4.68 Å². The first kappa shape index (κ1) is 19.1.